The van der Waals surface area contributed by atoms with E-state index in [0.717, 1.165) is 25.7 Å². The number of carbonyl (C=O) groups is 1. The van der Waals surface area contributed by atoms with Crippen LogP contribution in [0.1, 0.15) is 78.6 Å². The summed E-state index contributed by atoms with van der Waals surface area (Å²) in [5.41, 5.74) is 1.32. The predicted molar refractivity (Wildman–Crippen MR) is 85.3 cm³/mol. The van der Waals surface area contributed by atoms with Gasteiger partial charge in [-0.05, 0) is 19.3 Å². The van der Waals surface area contributed by atoms with Crippen LogP contribution < -0.4 is 0 Å². The van der Waals surface area contributed by atoms with Crippen LogP contribution in [0.2, 0.25) is 0 Å². The molecule has 1 rings (SSSR count). The molecule has 0 saturated carbocycles. The molecule has 1 heterocycles. The van der Waals surface area contributed by atoms with Gasteiger partial charge in [-0.1, -0.05) is 51.6 Å². The molecule has 1 unspecified atom stereocenters. The Morgan fingerprint density at radius 2 is 1.81 bits per heavy atom. The summed E-state index contributed by atoms with van der Waals surface area (Å²) in [5.74, 6) is -0.0944. The van der Waals surface area contributed by atoms with E-state index in [1.54, 1.807) is 0 Å². The number of unbranched alkanes of at least 4 members (excludes halogenated alkanes) is 5. The number of esters is 1. The lowest BCUT2D eigenvalue weighted by Gasteiger charge is -2.16. The second kappa shape index (κ2) is 9.06. The van der Waals surface area contributed by atoms with Crippen LogP contribution in [-0.4, -0.2) is 24.9 Å². The van der Waals surface area contributed by atoms with Crippen molar-refractivity contribution >= 4 is 11.7 Å². The van der Waals surface area contributed by atoms with Gasteiger partial charge in [-0.15, -0.1) is 0 Å². The Kier molecular flexibility index (Phi) is 7.76. The lowest BCUT2D eigenvalue weighted by Crippen LogP contribution is -2.20. The van der Waals surface area contributed by atoms with E-state index in [1.165, 1.54) is 38.5 Å². The van der Waals surface area contributed by atoms with E-state index < -0.39 is 0 Å². The fraction of sp³-hybridized carbons (Fsp3) is 0.882. The van der Waals surface area contributed by atoms with E-state index >= 15 is 0 Å². The Morgan fingerprint density at radius 1 is 1.19 bits per heavy atom. The zero-order valence-corrected chi connectivity index (χ0v) is 14.1. The van der Waals surface area contributed by atoms with Crippen molar-refractivity contribution in [3.8, 4) is 0 Å². The van der Waals surface area contributed by atoms with E-state index in [9.17, 15) is 4.79 Å². The maximum Gasteiger partial charge on any atom is 0.305 e. The summed E-state index contributed by atoms with van der Waals surface area (Å²) in [6.07, 6.45) is 9.88. The molecule has 0 fully saturated rings. The average molecular weight is 297 g/mol. The first kappa shape index (κ1) is 18.0. The van der Waals surface area contributed by atoms with E-state index in [2.05, 4.69) is 30.7 Å². The van der Waals surface area contributed by atoms with Crippen LogP contribution >= 0.6 is 0 Å². The van der Waals surface area contributed by atoms with Crippen molar-refractivity contribution in [1.29, 1.82) is 0 Å². The maximum atomic E-state index is 10.9. The molecule has 122 valence electrons. The van der Waals surface area contributed by atoms with E-state index in [4.69, 9.17) is 4.84 Å². The van der Waals surface area contributed by atoms with Gasteiger partial charge < -0.3 is 9.57 Å². The summed E-state index contributed by atoms with van der Waals surface area (Å²) in [6, 6.07) is 0. The standard InChI is InChI=1S/C17H31NO3/c1-17(2,3)15-13-14(21-18-15)11-9-7-5-6-8-10-12-16(19)20-4/h14H,5-13H2,1-4H3. The molecule has 0 spiro atoms. The molecular weight excluding hydrogens is 266 g/mol. The van der Waals surface area contributed by atoms with Gasteiger partial charge in [0.15, 0.2) is 0 Å². The zero-order valence-electron chi connectivity index (χ0n) is 14.1. The van der Waals surface area contributed by atoms with Crippen molar-refractivity contribution < 1.29 is 14.4 Å². The van der Waals surface area contributed by atoms with Crippen LogP contribution in [-0.2, 0) is 14.4 Å². The van der Waals surface area contributed by atoms with Crippen molar-refractivity contribution in [3.05, 3.63) is 0 Å². The number of nitrogens with zero attached hydrogens (tertiary/aromatic N) is 1. The van der Waals surface area contributed by atoms with Gasteiger partial charge >= 0.3 is 5.97 Å². The Hall–Kier alpha value is -1.06. The topological polar surface area (TPSA) is 47.9 Å². The zero-order chi connectivity index (χ0) is 15.7. The largest absolute Gasteiger partial charge is 0.469 e. The number of hydrogen-bond acceptors (Lipinski definition) is 4. The van der Waals surface area contributed by atoms with Crippen LogP contribution in [0.3, 0.4) is 0 Å². The fourth-order valence-corrected chi connectivity index (χ4v) is 2.48. The van der Waals surface area contributed by atoms with Crippen LogP contribution in [0.25, 0.3) is 0 Å². The van der Waals surface area contributed by atoms with E-state index in [-0.39, 0.29) is 11.4 Å². The number of hydrogen-bond donors (Lipinski definition) is 0. The summed E-state index contributed by atoms with van der Waals surface area (Å²) >= 11 is 0. The molecule has 0 aromatic carbocycles. The van der Waals surface area contributed by atoms with Crippen LogP contribution in [0.15, 0.2) is 5.16 Å². The average Bonchev–Trinajstić information content (AvgIpc) is 2.90. The summed E-state index contributed by atoms with van der Waals surface area (Å²) in [5, 5.41) is 4.23. The lowest BCUT2D eigenvalue weighted by molar-refractivity contribution is -0.140. The van der Waals surface area contributed by atoms with Crippen molar-refractivity contribution in [1.82, 2.24) is 0 Å². The summed E-state index contributed by atoms with van der Waals surface area (Å²) < 4.78 is 4.62. The molecule has 1 aliphatic rings. The minimum atomic E-state index is -0.0944. The van der Waals surface area contributed by atoms with Gasteiger partial charge in [-0.25, -0.2) is 0 Å². The van der Waals surface area contributed by atoms with Gasteiger partial charge in [0.2, 0.25) is 0 Å². The molecule has 1 atom stereocenters. The van der Waals surface area contributed by atoms with Gasteiger partial charge in [0.05, 0.1) is 12.8 Å². The molecule has 21 heavy (non-hydrogen) atoms. The molecule has 0 aromatic rings. The summed E-state index contributed by atoms with van der Waals surface area (Å²) in [4.78, 5) is 16.5. The second-order valence-electron chi connectivity index (χ2n) is 6.96. The minimum absolute atomic E-state index is 0.0944. The third kappa shape index (κ3) is 7.49. The number of ether oxygens (including phenoxy) is 1. The number of methoxy groups -OCH3 is 1. The summed E-state index contributed by atoms with van der Waals surface area (Å²) in [6.45, 7) is 6.56. The van der Waals surface area contributed by atoms with Crippen LogP contribution in [0, 0.1) is 5.41 Å². The number of carbonyl (C=O) groups excluding carboxylic acids is 1. The Balaban J connectivity index is 1.93. The highest BCUT2D eigenvalue weighted by molar-refractivity contribution is 5.90. The fourth-order valence-electron chi connectivity index (χ4n) is 2.48. The molecule has 0 bridgehead atoms. The third-order valence-corrected chi connectivity index (χ3v) is 3.98. The Morgan fingerprint density at radius 3 is 2.38 bits per heavy atom. The molecule has 4 heteroatoms. The molecular formula is C17H31NO3. The van der Waals surface area contributed by atoms with Crippen molar-refractivity contribution in [3.63, 3.8) is 0 Å². The highest BCUT2D eigenvalue weighted by atomic mass is 16.6. The lowest BCUT2D eigenvalue weighted by atomic mass is 9.86. The highest BCUT2D eigenvalue weighted by Crippen LogP contribution is 2.27. The Labute approximate surface area is 129 Å². The quantitative estimate of drug-likeness (QED) is 0.466. The Bertz CT molecular complexity index is 344. The van der Waals surface area contributed by atoms with Gasteiger partial charge in [0.1, 0.15) is 6.10 Å². The smallest absolute Gasteiger partial charge is 0.305 e. The van der Waals surface area contributed by atoms with E-state index in [0.29, 0.717) is 12.5 Å². The number of oxime groups is 1. The van der Waals surface area contributed by atoms with Crippen molar-refractivity contribution in [2.45, 2.75) is 84.7 Å². The molecule has 0 amide bonds. The van der Waals surface area contributed by atoms with Crippen LogP contribution in [0.5, 0.6) is 0 Å². The first-order valence-electron chi connectivity index (χ1n) is 8.23. The molecule has 0 saturated heterocycles. The first-order valence-corrected chi connectivity index (χ1v) is 8.23. The highest BCUT2D eigenvalue weighted by Gasteiger charge is 2.28. The van der Waals surface area contributed by atoms with Gasteiger partial charge in [-0.3, -0.25) is 4.79 Å². The minimum Gasteiger partial charge on any atom is -0.469 e. The van der Waals surface area contributed by atoms with Crippen LogP contribution in [0.4, 0.5) is 0 Å². The van der Waals surface area contributed by atoms with Gasteiger partial charge in [0.25, 0.3) is 0 Å². The predicted octanol–water partition coefficient (Wildman–Crippen LogP) is 4.47. The molecule has 0 aliphatic carbocycles. The van der Waals surface area contributed by atoms with Gasteiger partial charge in [0, 0.05) is 18.3 Å². The monoisotopic (exact) mass is 297 g/mol. The summed E-state index contributed by atoms with van der Waals surface area (Å²) in [7, 11) is 1.45. The van der Waals surface area contributed by atoms with Gasteiger partial charge in [-0.2, -0.15) is 0 Å². The molecule has 1 aliphatic heterocycles. The molecule has 4 nitrogen and oxygen atoms in total. The molecule has 0 N–H and O–H groups in total. The molecule has 0 aromatic heterocycles. The second-order valence-corrected chi connectivity index (χ2v) is 6.96. The first-order chi connectivity index (χ1) is 9.93. The maximum absolute atomic E-state index is 10.9. The normalized spacial score (nSPS) is 18.3. The van der Waals surface area contributed by atoms with E-state index in [1.807, 2.05) is 0 Å². The van der Waals surface area contributed by atoms with Crippen molar-refractivity contribution in [2.75, 3.05) is 7.11 Å². The number of rotatable bonds is 9. The third-order valence-electron chi connectivity index (χ3n) is 3.98. The molecule has 0 radical (unpaired) electrons. The van der Waals surface area contributed by atoms with Crippen molar-refractivity contribution in [2.24, 2.45) is 10.6 Å². The SMILES string of the molecule is COC(=O)CCCCCCCCC1CC(C(C)(C)C)=NO1.